The van der Waals surface area contributed by atoms with Gasteiger partial charge in [-0.2, -0.15) is 13.2 Å². The summed E-state index contributed by atoms with van der Waals surface area (Å²) in [7, 11) is 1.66. The van der Waals surface area contributed by atoms with E-state index in [0.29, 0.717) is 23.9 Å². The molecule has 2 fully saturated rings. The number of ether oxygens (including phenoxy) is 3. The van der Waals surface area contributed by atoms with Crippen molar-refractivity contribution in [1.82, 2.24) is 9.80 Å². The molecule has 7 rings (SSSR count). The maximum atomic E-state index is 13.4. The summed E-state index contributed by atoms with van der Waals surface area (Å²) in [5.74, 6) is 2.82. The lowest BCUT2D eigenvalue weighted by Crippen LogP contribution is -2.52. The monoisotopic (exact) mass is 527 g/mol. The van der Waals surface area contributed by atoms with Crippen LogP contribution in [-0.4, -0.2) is 62.7 Å². The zero-order chi connectivity index (χ0) is 26.0. The smallest absolute Gasteiger partial charge is 0.460 e. The van der Waals surface area contributed by atoms with Gasteiger partial charge in [-0.3, -0.25) is 0 Å². The van der Waals surface area contributed by atoms with Gasteiger partial charge in [0.25, 0.3) is 0 Å². The quantitative estimate of drug-likeness (QED) is 0.479. The van der Waals surface area contributed by atoms with Gasteiger partial charge in [0.1, 0.15) is 5.75 Å². The van der Waals surface area contributed by atoms with Gasteiger partial charge >= 0.3 is 6.30 Å². The van der Waals surface area contributed by atoms with Gasteiger partial charge < -0.3 is 24.0 Å². The van der Waals surface area contributed by atoms with Gasteiger partial charge in [0.2, 0.25) is 6.79 Å². The molecule has 0 radical (unpaired) electrons. The highest BCUT2D eigenvalue weighted by atomic mass is 19.4. The van der Waals surface area contributed by atoms with Crippen molar-refractivity contribution in [3.63, 3.8) is 0 Å². The molecular formula is C29H32F3N3O3. The number of rotatable bonds is 3. The minimum atomic E-state index is -4.30. The highest BCUT2D eigenvalue weighted by Gasteiger charge is 2.43. The van der Waals surface area contributed by atoms with E-state index in [-0.39, 0.29) is 25.9 Å². The molecule has 5 aliphatic rings. The summed E-state index contributed by atoms with van der Waals surface area (Å²) in [5.41, 5.74) is 6.97. The molecule has 4 heterocycles. The highest BCUT2D eigenvalue weighted by molar-refractivity contribution is 5.89. The fourth-order valence-corrected chi connectivity index (χ4v) is 7.18. The molecule has 2 aromatic rings. The molecule has 4 aliphatic heterocycles. The first kappa shape index (κ1) is 24.0. The average Bonchev–Trinajstić information content (AvgIpc) is 3.61. The first-order chi connectivity index (χ1) is 18.4. The number of fused-ring (bicyclic) bond motifs is 5. The maximum Gasteiger partial charge on any atom is 0.460 e. The van der Waals surface area contributed by atoms with Crippen molar-refractivity contribution in [3.8, 4) is 17.2 Å². The fraction of sp³-hybridized carbons (Fsp3) is 0.517. The largest absolute Gasteiger partial charge is 0.495 e. The van der Waals surface area contributed by atoms with E-state index in [1.165, 1.54) is 35.2 Å². The molecule has 0 amide bonds. The Morgan fingerprint density at radius 2 is 1.68 bits per heavy atom. The third kappa shape index (κ3) is 3.81. The standard InChI is InChI=1S/C29H32F3N3O3/c1-36-23-7-6-20-14-22-21-16-25-24(37-17-38-25)15-19(21)8-9-35(22)27(18-4-2-3-5-18)26(20)28(23)33-10-12-34(13-11-33)29(30,31)32/h6-7,14-16,18,27H,2-5,8-13,17H2,1H3/t27-/m0/s1. The summed E-state index contributed by atoms with van der Waals surface area (Å²) < 4.78 is 57.4. The summed E-state index contributed by atoms with van der Waals surface area (Å²) in [6.45, 7) is 1.67. The molecule has 38 heavy (non-hydrogen) atoms. The van der Waals surface area contributed by atoms with Crippen molar-refractivity contribution in [3.05, 3.63) is 46.5 Å². The lowest BCUT2D eigenvalue weighted by molar-refractivity contribution is -0.246. The topological polar surface area (TPSA) is 37.4 Å². The maximum absolute atomic E-state index is 13.4. The molecule has 6 nitrogen and oxygen atoms in total. The van der Waals surface area contributed by atoms with Crippen LogP contribution < -0.4 is 19.1 Å². The van der Waals surface area contributed by atoms with Crippen molar-refractivity contribution < 1.29 is 27.4 Å². The average molecular weight is 528 g/mol. The van der Waals surface area contributed by atoms with E-state index in [4.69, 9.17) is 14.2 Å². The van der Waals surface area contributed by atoms with Crippen LogP contribution in [0.15, 0.2) is 24.3 Å². The van der Waals surface area contributed by atoms with Gasteiger partial charge in [0, 0.05) is 49.5 Å². The van der Waals surface area contributed by atoms with Gasteiger partial charge in [0.05, 0.1) is 18.8 Å². The third-order valence-electron chi connectivity index (χ3n) is 8.96. The number of hydrogen-bond donors (Lipinski definition) is 0. The van der Waals surface area contributed by atoms with Crippen LogP contribution in [0.3, 0.4) is 0 Å². The summed E-state index contributed by atoms with van der Waals surface area (Å²) in [6, 6.07) is 8.49. The SMILES string of the molecule is COc1ccc2c(c1N1CCN(C(F)(F)F)CC1)[C@H](C1CCCC1)N1CCc3cc4c(cc3C1=C2)OCO4. The summed E-state index contributed by atoms with van der Waals surface area (Å²) in [4.78, 5) is 5.29. The van der Waals surface area contributed by atoms with Crippen molar-refractivity contribution in [2.24, 2.45) is 5.92 Å². The number of piperazine rings is 1. The molecule has 0 N–H and O–H groups in total. The number of alkyl halides is 3. The zero-order valence-electron chi connectivity index (χ0n) is 21.5. The van der Waals surface area contributed by atoms with Gasteiger partial charge in [0.15, 0.2) is 11.5 Å². The van der Waals surface area contributed by atoms with Gasteiger partial charge in [-0.15, -0.1) is 0 Å². The molecule has 2 aromatic carbocycles. The van der Waals surface area contributed by atoms with Crippen LogP contribution >= 0.6 is 0 Å². The Kier molecular flexibility index (Phi) is 5.69. The number of anilines is 1. The van der Waals surface area contributed by atoms with Crippen LogP contribution in [0.4, 0.5) is 18.9 Å². The van der Waals surface area contributed by atoms with Crippen LogP contribution in [0.1, 0.15) is 54.0 Å². The fourth-order valence-electron chi connectivity index (χ4n) is 7.18. The Labute approximate surface area is 220 Å². The molecular weight excluding hydrogens is 495 g/mol. The number of nitrogens with zero attached hydrogens (tertiary/aromatic N) is 3. The Hall–Kier alpha value is -3.07. The molecule has 0 spiro atoms. The predicted molar refractivity (Wildman–Crippen MR) is 138 cm³/mol. The molecule has 1 saturated carbocycles. The number of methoxy groups -OCH3 is 1. The van der Waals surface area contributed by atoms with E-state index in [1.54, 1.807) is 7.11 Å². The first-order valence-corrected chi connectivity index (χ1v) is 13.6. The van der Waals surface area contributed by atoms with E-state index in [9.17, 15) is 13.2 Å². The second-order valence-corrected chi connectivity index (χ2v) is 10.9. The van der Waals surface area contributed by atoms with E-state index >= 15 is 0 Å². The van der Waals surface area contributed by atoms with Crippen molar-refractivity contribution >= 4 is 17.5 Å². The Morgan fingerprint density at radius 1 is 0.947 bits per heavy atom. The van der Waals surface area contributed by atoms with Crippen LogP contribution in [0.5, 0.6) is 17.2 Å². The minimum Gasteiger partial charge on any atom is -0.495 e. The lowest BCUT2D eigenvalue weighted by Gasteiger charge is -2.47. The molecule has 202 valence electrons. The Balaban J connectivity index is 1.36. The highest BCUT2D eigenvalue weighted by Crippen LogP contribution is 2.54. The van der Waals surface area contributed by atoms with Crippen molar-refractivity contribution in [1.29, 1.82) is 0 Å². The van der Waals surface area contributed by atoms with Crippen LogP contribution in [0.2, 0.25) is 0 Å². The number of hydrogen-bond acceptors (Lipinski definition) is 6. The molecule has 1 atom stereocenters. The first-order valence-electron chi connectivity index (χ1n) is 13.6. The zero-order valence-corrected chi connectivity index (χ0v) is 21.5. The Bertz CT molecular complexity index is 1280. The lowest BCUT2D eigenvalue weighted by atomic mass is 9.79. The third-order valence-corrected chi connectivity index (χ3v) is 8.96. The molecule has 1 aliphatic carbocycles. The molecule has 0 bridgehead atoms. The van der Waals surface area contributed by atoms with Gasteiger partial charge in [-0.1, -0.05) is 18.9 Å². The van der Waals surface area contributed by atoms with Gasteiger partial charge in [-0.25, -0.2) is 4.90 Å². The second kappa shape index (κ2) is 9.00. The molecule has 1 saturated heterocycles. The van der Waals surface area contributed by atoms with Crippen molar-refractivity contribution in [2.75, 3.05) is 51.5 Å². The van der Waals surface area contributed by atoms with E-state index in [2.05, 4.69) is 34.1 Å². The summed E-state index contributed by atoms with van der Waals surface area (Å²) in [5, 5.41) is 0. The van der Waals surface area contributed by atoms with Crippen LogP contribution in [-0.2, 0) is 6.42 Å². The molecule has 0 unspecified atom stereocenters. The van der Waals surface area contributed by atoms with Crippen LogP contribution in [0.25, 0.3) is 11.8 Å². The van der Waals surface area contributed by atoms with Crippen LogP contribution in [0, 0.1) is 5.92 Å². The Morgan fingerprint density at radius 3 is 2.39 bits per heavy atom. The van der Waals surface area contributed by atoms with E-state index in [1.807, 2.05) is 6.07 Å². The van der Waals surface area contributed by atoms with Gasteiger partial charge in [-0.05, 0) is 60.6 Å². The number of benzene rings is 2. The summed E-state index contributed by atoms with van der Waals surface area (Å²) >= 11 is 0. The van der Waals surface area contributed by atoms with E-state index in [0.717, 1.165) is 54.3 Å². The molecule has 0 aromatic heterocycles. The molecule has 9 heteroatoms. The number of halogens is 3. The second-order valence-electron chi connectivity index (χ2n) is 10.9. The minimum absolute atomic E-state index is 0.0459. The summed E-state index contributed by atoms with van der Waals surface area (Å²) in [6.07, 6.45) is 3.60. The normalized spacial score (nSPS) is 23.2. The van der Waals surface area contributed by atoms with E-state index < -0.39 is 6.30 Å². The predicted octanol–water partition coefficient (Wildman–Crippen LogP) is 5.67. The van der Waals surface area contributed by atoms with Crippen molar-refractivity contribution in [2.45, 2.75) is 44.4 Å².